The van der Waals surface area contributed by atoms with Gasteiger partial charge in [0.2, 0.25) is 0 Å². The van der Waals surface area contributed by atoms with E-state index in [1.165, 1.54) is 12.1 Å². The number of pyridine rings is 1. The van der Waals surface area contributed by atoms with Gasteiger partial charge in [0.1, 0.15) is 11.3 Å². The van der Waals surface area contributed by atoms with Crippen LogP contribution in [0.3, 0.4) is 0 Å². The second-order valence-electron chi connectivity index (χ2n) is 3.25. The van der Waals surface area contributed by atoms with Gasteiger partial charge in [-0.05, 0) is 30.3 Å². The van der Waals surface area contributed by atoms with Crippen LogP contribution in [0.5, 0.6) is 5.75 Å². The molecule has 0 radical (unpaired) electrons. The molecule has 0 spiro atoms. The Morgan fingerprint density at radius 1 is 1.19 bits per heavy atom. The van der Waals surface area contributed by atoms with Gasteiger partial charge in [-0.25, -0.2) is 4.79 Å². The van der Waals surface area contributed by atoms with Crippen molar-refractivity contribution in [1.82, 2.24) is 4.98 Å². The fourth-order valence-electron chi connectivity index (χ4n) is 1.40. The smallest absolute Gasteiger partial charge is 0.339 e. The minimum absolute atomic E-state index is 0.122. The molecule has 0 aliphatic heterocycles. The number of phenols is 1. The maximum absolute atomic E-state index is 10.8. The van der Waals surface area contributed by atoms with Crippen LogP contribution in [0.25, 0.3) is 11.3 Å². The van der Waals surface area contributed by atoms with Crippen LogP contribution in [0.15, 0.2) is 42.6 Å². The molecule has 16 heavy (non-hydrogen) atoms. The van der Waals surface area contributed by atoms with E-state index in [0.717, 1.165) is 0 Å². The van der Waals surface area contributed by atoms with E-state index in [1.807, 2.05) is 6.07 Å². The Kier molecular flexibility index (Phi) is 2.55. The van der Waals surface area contributed by atoms with Crippen molar-refractivity contribution in [1.29, 1.82) is 0 Å². The number of aromatic carboxylic acids is 1. The average Bonchev–Trinajstić information content (AvgIpc) is 2.30. The van der Waals surface area contributed by atoms with E-state index in [9.17, 15) is 9.90 Å². The van der Waals surface area contributed by atoms with Gasteiger partial charge in [-0.1, -0.05) is 6.07 Å². The molecule has 0 atom stereocenters. The maximum atomic E-state index is 10.8. The number of aromatic nitrogens is 1. The molecule has 2 aromatic rings. The maximum Gasteiger partial charge on any atom is 0.339 e. The Morgan fingerprint density at radius 2 is 2.00 bits per heavy atom. The molecule has 1 aromatic heterocycles. The van der Waals surface area contributed by atoms with Gasteiger partial charge in [0.05, 0.1) is 5.69 Å². The molecule has 0 fully saturated rings. The molecule has 0 saturated heterocycles. The van der Waals surface area contributed by atoms with Gasteiger partial charge in [-0.2, -0.15) is 0 Å². The highest BCUT2D eigenvalue weighted by Crippen LogP contribution is 2.24. The van der Waals surface area contributed by atoms with E-state index in [0.29, 0.717) is 11.3 Å². The molecule has 1 aromatic carbocycles. The van der Waals surface area contributed by atoms with Crippen LogP contribution in [-0.4, -0.2) is 21.2 Å². The van der Waals surface area contributed by atoms with Gasteiger partial charge in [-0.3, -0.25) is 4.98 Å². The van der Waals surface area contributed by atoms with Crippen LogP contribution >= 0.6 is 0 Å². The zero-order chi connectivity index (χ0) is 11.5. The molecule has 0 amide bonds. The number of hydrogen-bond donors (Lipinski definition) is 2. The highest BCUT2D eigenvalue weighted by Gasteiger charge is 2.10. The molecule has 0 aliphatic rings. The largest absolute Gasteiger partial charge is 0.507 e. The van der Waals surface area contributed by atoms with Crippen LogP contribution in [0.4, 0.5) is 0 Å². The summed E-state index contributed by atoms with van der Waals surface area (Å²) in [6.07, 6.45) is 1.63. The topological polar surface area (TPSA) is 70.4 Å². The summed E-state index contributed by atoms with van der Waals surface area (Å²) in [5, 5.41) is 18.2. The quantitative estimate of drug-likeness (QED) is 0.805. The summed E-state index contributed by atoms with van der Waals surface area (Å²) in [5.74, 6) is -1.40. The zero-order valence-corrected chi connectivity index (χ0v) is 8.29. The van der Waals surface area contributed by atoms with Gasteiger partial charge >= 0.3 is 5.97 Å². The third-order valence-electron chi connectivity index (χ3n) is 2.19. The number of benzene rings is 1. The molecule has 0 unspecified atom stereocenters. The third-order valence-corrected chi connectivity index (χ3v) is 2.19. The SMILES string of the molecule is O=C(O)c1cc(-c2ccccn2)ccc1O. The Hall–Kier alpha value is -2.36. The number of nitrogens with zero attached hydrogens (tertiary/aromatic N) is 1. The van der Waals surface area contributed by atoms with Gasteiger partial charge in [0, 0.05) is 11.8 Å². The van der Waals surface area contributed by atoms with E-state index in [4.69, 9.17) is 5.11 Å². The van der Waals surface area contributed by atoms with Gasteiger partial charge in [-0.15, -0.1) is 0 Å². The highest BCUT2D eigenvalue weighted by atomic mass is 16.4. The van der Waals surface area contributed by atoms with Crippen molar-refractivity contribution in [2.45, 2.75) is 0 Å². The lowest BCUT2D eigenvalue weighted by Gasteiger charge is -2.03. The van der Waals surface area contributed by atoms with E-state index < -0.39 is 5.97 Å². The van der Waals surface area contributed by atoms with Gasteiger partial charge in [0.25, 0.3) is 0 Å². The number of carboxylic acid groups (broad SMARTS) is 1. The molecular formula is C12H9NO3. The molecular weight excluding hydrogens is 206 g/mol. The number of aromatic hydroxyl groups is 1. The fraction of sp³-hybridized carbons (Fsp3) is 0. The Morgan fingerprint density at radius 3 is 2.62 bits per heavy atom. The number of rotatable bonds is 2. The van der Waals surface area contributed by atoms with Crippen molar-refractivity contribution >= 4 is 5.97 Å². The summed E-state index contributed by atoms with van der Waals surface area (Å²) in [6, 6.07) is 9.76. The summed E-state index contributed by atoms with van der Waals surface area (Å²) in [4.78, 5) is 14.9. The zero-order valence-electron chi connectivity index (χ0n) is 8.29. The monoisotopic (exact) mass is 215 g/mol. The van der Waals surface area contributed by atoms with Crippen LogP contribution in [0, 0.1) is 0 Å². The summed E-state index contributed by atoms with van der Waals surface area (Å²) in [7, 11) is 0. The molecule has 0 saturated carbocycles. The fourth-order valence-corrected chi connectivity index (χ4v) is 1.40. The minimum Gasteiger partial charge on any atom is -0.507 e. The van der Waals surface area contributed by atoms with Crippen molar-refractivity contribution in [3.05, 3.63) is 48.2 Å². The molecule has 2 N–H and O–H groups in total. The predicted octanol–water partition coefficient (Wildman–Crippen LogP) is 2.15. The summed E-state index contributed by atoms with van der Waals surface area (Å²) < 4.78 is 0. The second-order valence-corrected chi connectivity index (χ2v) is 3.25. The molecule has 0 aliphatic carbocycles. The van der Waals surface area contributed by atoms with E-state index in [2.05, 4.69) is 4.98 Å². The van der Waals surface area contributed by atoms with E-state index in [-0.39, 0.29) is 11.3 Å². The second kappa shape index (κ2) is 4.02. The van der Waals surface area contributed by atoms with Crippen LogP contribution in [-0.2, 0) is 0 Å². The molecule has 0 bridgehead atoms. The lowest BCUT2D eigenvalue weighted by Crippen LogP contribution is -1.97. The summed E-state index contributed by atoms with van der Waals surface area (Å²) in [5.41, 5.74) is 1.21. The van der Waals surface area contributed by atoms with Crippen LogP contribution in [0.1, 0.15) is 10.4 Å². The minimum atomic E-state index is -1.16. The van der Waals surface area contributed by atoms with Crippen molar-refractivity contribution in [3.63, 3.8) is 0 Å². The third kappa shape index (κ3) is 1.86. The first-order valence-electron chi connectivity index (χ1n) is 4.66. The highest BCUT2D eigenvalue weighted by molar-refractivity contribution is 5.92. The molecule has 4 heteroatoms. The first-order valence-corrected chi connectivity index (χ1v) is 4.66. The summed E-state index contributed by atoms with van der Waals surface area (Å²) in [6.45, 7) is 0. The number of carbonyl (C=O) groups is 1. The molecule has 2 rings (SSSR count). The van der Waals surface area contributed by atoms with Crippen molar-refractivity contribution in [2.75, 3.05) is 0 Å². The molecule has 1 heterocycles. The number of carboxylic acids is 1. The average molecular weight is 215 g/mol. The van der Waals surface area contributed by atoms with E-state index >= 15 is 0 Å². The normalized spacial score (nSPS) is 10.0. The van der Waals surface area contributed by atoms with Crippen LogP contribution < -0.4 is 0 Å². The van der Waals surface area contributed by atoms with Crippen molar-refractivity contribution < 1.29 is 15.0 Å². The van der Waals surface area contributed by atoms with Gasteiger partial charge in [0.15, 0.2) is 0 Å². The van der Waals surface area contributed by atoms with Crippen molar-refractivity contribution in [2.24, 2.45) is 0 Å². The lowest BCUT2D eigenvalue weighted by atomic mass is 10.1. The van der Waals surface area contributed by atoms with E-state index in [1.54, 1.807) is 24.4 Å². The van der Waals surface area contributed by atoms with Crippen LogP contribution in [0.2, 0.25) is 0 Å². The first kappa shape index (κ1) is 10.2. The predicted molar refractivity (Wildman–Crippen MR) is 58.3 cm³/mol. The Labute approximate surface area is 91.8 Å². The first-order chi connectivity index (χ1) is 7.68. The Bertz CT molecular complexity index is 523. The standard InChI is InChI=1S/C12H9NO3/c14-11-5-4-8(7-9(11)12(15)16)10-3-1-2-6-13-10/h1-7,14H,(H,15,16). The van der Waals surface area contributed by atoms with Gasteiger partial charge < -0.3 is 10.2 Å². The molecule has 4 nitrogen and oxygen atoms in total. The summed E-state index contributed by atoms with van der Waals surface area (Å²) >= 11 is 0. The molecule has 80 valence electrons. The number of hydrogen-bond acceptors (Lipinski definition) is 3. The lowest BCUT2D eigenvalue weighted by molar-refractivity contribution is 0.0694. The van der Waals surface area contributed by atoms with Crippen molar-refractivity contribution in [3.8, 4) is 17.0 Å². The Balaban J connectivity index is 2.52.